The fraction of sp³-hybridized carbons (Fsp3) is 0.458. The van der Waals surface area contributed by atoms with Crippen molar-refractivity contribution in [2.45, 2.75) is 32.4 Å². The van der Waals surface area contributed by atoms with Crippen molar-refractivity contribution in [1.82, 2.24) is 15.1 Å². The van der Waals surface area contributed by atoms with Crippen molar-refractivity contribution in [3.63, 3.8) is 0 Å². The first-order valence-corrected chi connectivity index (χ1v) is 11.1. The van der Waals surface area contributed by atoms with Gasteiger partial charge >= 0.3 is 6.03 Å². The molecule has 2 amide bonds. The number of carbonyl (C=O) groups excluding carboxylic acids is 1. The molecule has 0 bridgehead atoms. The van der Waals surface area contributed by atoms with Crippen molar-refractivity contribution in [3.05, 3.63) is 59.7 Å². The van der Waals surface area contributed by atoms with Gasteiger partial charge < -0.3 is 20.2 Å². The summed E-state index contributed by atoms with van der Waals surface area (Å²) in [5.74, 6) is 0.292. The number of hydrogen-bond acceptors (Lipinski definition) is 4. The lowest BCUT2D eigenvalue weighted by Crippen LogP contribution is -2.51. The number of benzene rings is 2. The highest BCUT2D eigenvalue weighted by atomic mass is 16.3. The minimum atomic E-state index is -0.0142. The second-order valence-corrected chi connectivity index (χ2v) is 8.23. The Hall–Kier alpha value is -2.73. The van der Waals surface area contributed by atoms with Crippen molar-refractivity contribution in [3.8, 4) is 5.75 Å². The summed E-state index contributed by atoms with van der Waals surface area (Å²) in [6.07, 6.45) is 3.91. The predicted molar refractivity (Wildman–Crippen MR) is 120 cm³/mol. The number of piperazine rings is 1. The van der Waals surface area contributed by atoms with Crippen molar-refractivity contribution < 1.29 is 9.90 Å². The van der Waals surface area contributed by atoms with E-state index in [1.165, 1.54) is 43.5 Å². The van der Waals surface area contributed by atoms with E-state index in [2.05, 4.69) is 33.3 Å². The summed E-state index contributed by atoms with van der Waals surface area (Å²) >= 11 is 0. The van der Waals surface area contributed by atoms with Gasteiger partial charge in [0.25, 0.3) is 0 Å². The number of phenols is 1. The van der Waals surface area contributed by atoms with Gasteiger partial charge in [-0.1, -0.05) is 42.8 Å². The Labute approximate surface area is 179 Å². The molecular weight excluding hydrogens is 376 g/mol. The molecule has 2 aliphatic rings. The molecule has 2 aromatic carbocycles. The number of hydrogen-bond donors (Lipinski definition) is 2. The van der Waals surface area contributed by atoms with Gasteiger partial charge in [-0.2, -0.15) is 0 Å². The molecule has 0 aromatic heterocycles. The summed E-state index contributed by atoms with van der Waals surface area (Å²) in [6, 6.07) is 15.8. The Morgan fingerprint density at radius 1 is 0.833 bits per heavy atom. The van der Waals surface area contributed by atoms with Crippen molar-refractivity contribution in [2.24, 2.45) is 0 Å². The van der Waals surface area contributed by atoms with Crippen molar-refractivity contribution in [1.29, 1.82) is 0 Å². The molecule has 2 fully saturated rings. The number of phenolic OH excluding ortho intramolecular Hbond substituents is 1. The monoisotopic (exact) mass is 408 g/mol. The Kier molecular flexibility index (Phi) is 6.74. The van der Waals surface area contributed by atoms with Crippen LogP contribution in [0.4, 0.5) is 10.5 Å². The van der Waals surface area contributed by atoms with Crippen LogP contribution < -0.4 is 10.2 Å². The number of para-hydroxylation sites is 2. The zero-order valence-electron chi connectivity index (χ0n) is 17.6. The van der Waals surface area contributed by atoms with Crippen LogP contribution in [0.1, 0.15) is 30.4 Å². The fourth-order valence-corrected chi connectivity index (χ4v) is 4.41. The fourth-order valence-electron chi connectivity index (χ4n) is 4.41. The van der Waals surface area contributed by atoms with E-state index < -0.39 is 0 Å². The first kappa shape index (κ1) is 20.5. The number of amides is 2. The molecule has 30 heavy (non-hydrogen) atoms. The maximum atomic E-state index is 12.7. The lowest BCUT2D eigenvalue weighted by Gasteiger charge is -2.36. The Balaban J connectivity index is 1.29. The lowest BCUT2D eigenvalue weighted by molar-refractivity contribution is 0.193. The predicted octanol–water partition coefficient (Wildman–Crippen LogP) is 3.41. The first-order chi connectivity index (χ1) is 14.7. The summed E-state index contributed by atoms with van der Waals surface area (Å²) in [6.45, 7) is 6.59. The van der Waals surface area contributed by atoms with Crippen LogP contribution in [-0.2, 0) is 13.1 Å². The van der Waals surface area contributed by atoms with Crippen molar-refractivity contribution in [2.75, 3.05) is 44.2 Å². The summed E-state index contributed by atoms with van der Waals surface area (Å²) < 4.78 is 0. The third-order valence-corrected chi connectivity index (χ3v) is 6.18. The molecule has 160 valence electrons. The lowest BCUT2D eigenvalue weighted by atomic mass is 10.0. The minimum Gasteiger partial charge on any atom is -0.506 e. The van der Waals surface area contributed by atoms with Gasteiger partial charge in [-0.25, -0.2) is 4.79 Å². The second-order valence-electron chi connectivity index (χ2n) is 8.23. The molecule has 2 heterocycles. The molecular formula is C24H32N4O2. The average Bonchev–Trinajstić information content (AvgIpc) is 2.79. The number of rotatable bonds is 5. The van der Waals surface area contributed by atoms with E-state index in [1.807, 2.05) is 29.2 Å². The molecule has 6 nitrogen and oxygen atoms in total. The van der Waals surface area contributed by atoms with Crippen LogP contribution in [0.25, 0.3) is 0 Å². The Bertz CT molecular complexity index is 843. The number of urea groups is 1. The molecule has 6 heteroatoms. The number of nitrogens with zero attached hydrogens (tertiary/aromatic N) is 3. The summed E-state index contributed by atoms with van der Waals surface area (Å²) in [5, 5.41) is 13.2. The topological polar surface area (TPSA) is 59.1 Å². The average molecular weight is 409 g/mol. The quantitative estimate of drug-likeness (QED) is 0.796. The van der Waals surface area contributed by atoms with Gasteiger partial charge in [-0.15, -0.1) is 0 Å². The highest BCUT2D eigenvalue weighted by Crippen LogP contribution is 2.27. The van der Waals surface area contributed by atoms with Crippen LogP contribution in [0, 0.1) is 0 Å². The van der Waals surface area contributed by atoms with Gasteiger partial charge in [0, 0.05) is 39.3 Å². The number of piperidine rings is 1. The molecule has 0 unspecified atom stereocenters. The van der Waals surface area contributed by atoms with Crippen LogP contribution in [0.5, 0.6) is 5.75 Å². The number of carbonyl (C=O) groups is 1. The van der Waals surface area contributed by atoms with Gasteiger partial charge in [0.05, 0.1) is 5.69 Å². The molecule has 0 spiro atoms. The maximum absolute atomic E-state index is 12.7. The van der Waals surface area contributed by atoms with Crippen LogP contribution in [-0.4, -0.2) is 60.2 Å². The van der Waals surface area contributed by atoms with Crippen molar-refractivity contribution >= 4 is 11.7 Å². The highest BCUT2D eigenvalue weighted by Gasteiger charge is 2.22. The van der Waals surface area contributed by atoms with E-state index in [9.17, 15) is 9.90 Å². The zero-order valence-corrected chi connectivity index (χ0v) is 17.6. The molecule has 0 saturated carbocycles. The normalized spacial score (nSPS) is 17.7. The third-order valence-electron chi connectivity index (χ3n) is 6.18. The SMILES string of the molecule is O=C(NCc1ccccc1CN1CCCCC1)N1CCN(c2ccccc2O)CC1. The van der Waals surface area contributed by atoms with E-state index >= 15 is 0 Å². The molecule has 2 saturated heterocycles. The number of likely N-dealkylation sites (tertiary alicyclic amines) is 1. The first-order valence-electron chi connectivity index (χ1n) is 11.1. The van der Waals surface area contributed by atoms with Crippen LogP contribution in [0.3, 0.4) is 0 Å². The number of nitrogens with one attached hydrogen (secondary N) is 1. The number of aromatic hydroxyl groups is 1. The van der Waals surface area contributed by atoms with E-state index in [0.717, 1.165) is 25.3 Å². The van der Waals surface area contributed by atoms with Gasteiger partial charge in [-0.05, 0) is 49.2 Å². The molecule has 0 radical (unpaired) electrons. The highest BCUT2D eigenvalue weighted by molar-refractivity contribution is 5.74. The summed E-state index contributed by atoms with van der Waals surface area (Å²) in [7, 11) is 0. The summed E-state index contributed by atoms with van der Waals surface area (Å²) in [4.78, 5) is 19.2. The Morgan fingerprint density at radius 2 is 1.50 bits per heavy atom. The summed E-state index contributed by atoms with van der Waals surface area (Å²) in [5.41, 5.74) is 3.34. The molecule has 2 N–H and O–H groups in total. The standard InChI is InChI=1S/C24H32N4O2/c29-23-11-5-4-10-22(23)27-14-16-28(17-15-27)24(30)25-18-20-8-2-3-9-21(20)19-26-12-6-1-7-13-26/h2-5,8-11,29H,1,6-7,12-19H2,(H,25,30). The van der Waals surface area contributed by atoms with E-state index in [0.29, 0.717) is 25.4 Å². The Morgan fingerprint density at radius 3 is 2.23 bits per heavy atom. The third kappa shape index (κ3) is 5.05. The van der Waals surface area contributed by atoms with Gasteiger partial charge in [0.2, 0.25) is 0 Å². The van der Waals surface area contributed by atoms with Gasteiger partial charge in [0.15, 0.2) is 0 Å². The molecule has 2 aromatic rings. The molecule has 0 aliphatic carbocycles. The number of anilines is 1. The molecule has 4 rings (SSSR count). The van der Waals surface area contributed by atoms with Crippen LogP contribution in [0.15, 0.2) is 48.5 Å². The smallest absolute Gasteiger partial charge is 0.317 e. The van der Waals surface area contributed by atoms with Crippen LogP contribution in [0.2, 0.25) is 0 Å². The van der Waals surface area contributed by atoms with Crippen LogP contribution >= 0.6 is 0 Å². The van der Waals surface area contributed by atoms with Gasteiger partial charge in [-0.3, -0.25) is 4.90 Å². The van der Waals surface area contributed by atoms with E-state index in [4.69, 9.17) is 0 Å². The minimum absolute atomic E-state index is 0.0142. The van der Waals surface area contributed by atoms with E-state index in [1.54, 1.807) is 6.07 Å². The maximum Gasteiger partial charge on any atom is 0.317 e. The van der Waals surface area contributed by atoms with Gasteiger partial charge in [0.1, 0.15) is 5.75 Å². The second kappa shape index (κ2) is 9.85. The zero-order chi connectivity index (χ0) is 20.8. The largest absolute Gasteiger partial charge is 0.506 e. The molecule has 2 aliphatic heterocycles. The molecule has 0 atom stereocenters. The van der Waals surface area contributed by atoms with E-state index in [-0.39, 0.29) is 6.03 Å².